The first kappa shape index (κ1) is 63.7. The van der Waals surface area contributed by atoms with Crippen LogP contribution in [0.5, 0.6) is 0 Å². The lowest BCUT2D eigenvalue weighted by Gasteiger charge is -2.17. The largest absolute Gasteiger partial charge is 0.222 e. The average Bonchev–Trinajstić information content (AvgIpc) is 2.17. The van der Waals surface area contributed by atoms with Gasteiger partial charge in [0.05, 0.1) is 33.2 Å². The molecule has 0 aliphatic heterocycles. The van der Waals surface area contributed by atoms with Crippen molar-refractivity contribution in [3.63, 3.8) is 0 Å². The summed E-state index contributed by atoms with van der Waals surface area (Å²) in [5.74, 6) is 2.74. The van der Waals surface area contributed by atoms with E-state index in [-0.39, 0.29) is 0 Å². The molecular weight excluding hydrogens is 1180 g/mol. The molecule has 0 aliphatic carbocycles. The van der Waals surface area contributed by atoms with Gasteiger partial charge >= 0.3 is 0 Å². The minimum absolute atomic E-state index is 0.619. The van der Waals surface area contributed by atoms with E-state index in [2.05, 4.69) is 103 Å². The number of hydrogen-bond acceptors (Lipinski definition) is 14. The maximum absolute atomic E-state index is 5.59. The summed E-state index contributed by atoms with van der Waals surface area (Å²) in [6, 6.07) is 14.7. The molecule has 0 radical (unpaired) electrons. The number of hydrogen-bond donors (Lipinski definition) is 0. The van der Waals surface area contributed by atoms with Gasteiger partial charge in [-0.25, -0.2) is 9.97 Å². The molecule has 2 aromatic carbocycles. The van der Waals surface area contributed by atoms with E-state index >= 15 is 0 Å². The van der Waals surface area contributed by atoms with E-state index in [0.29, 0.717) is 11.8 Å². The molecule has 0 fully saturated rings. The molecule has 4 unspecified atom stereocenters. The van der Waals surface area contributed by atoms with E-state index in [1.165, 1.54) is 229 Å². The van der Waals surface area contributed by atoms with Gasteiger partial charge in [0.25, 0.3) is 0 Å². The van der Waals surface area contributed by atoms with E-state index in [0.717, 1.165) is 101 Å². The van der Waals surface area contributed by atoms with Crippen LogP contribution < -0.4 is 0 Å². The Morgan fingerprint density at radius 3 is 1.42 bits per heavy atom. The highest BCUT2D eigenvalue weighted by Crippen LogP contribution is 2.51. The summed E-state index contributed by atoms with van der Waals surface area (Å²) in [6.07, 6.45) is 35.4. The minimum Gasteiger partial charge on any atom is -0.222 e. The van der Waals surface area contributed by atoms with Crippen LogP contribution in [0.1, 0.15) is 232 Å². The van der Waals surface area contributed by atoms with Gasteiger partial charge in [0.1, 0.15) is 32.1 Å². The van der Waals surface area contributed by atoms with Gasteiger partial charge in [-0.05, 0) is 119 Å². The molecule has 0 saturated heterocycles. The quantitative estimate of drug-likeness (QED) is 0.0361. The zero-order valence-electron chi connectivity index (χ0n) is 51.7. The van der Waals surface area contributed by atoms with E-state index in [1.54, 1.807) is 0 Å². The van der Waals surface area contributed by atoms with Gasteiger partial charge in [0, 0.05) is 41.4 Å². The number of unbranched alkanes of at least 4 members (excludes halogenated alkanes) is 10. The van der Waals surface area contributed by atoms with Gasteiger partial charge in [0.15, 0.2) is 9.66 Å². The fourth-order valence-electron chi connectivity index (χ4n) is 12.9. The second kappa shape index (κ2) is 31.7. The zero-order valence-corrected chi connectivity index (χ0v) is 58.2. The van der Waals surface area contributed by atoms with E-state index in [4.69, 9.17) is 27.5 Å². The average molecular weight is 1270 g/mol. The van der Waals surface area contributed by atoms with E-state index in [9.17, 15) is 0 Å². The van der Waals surface area contributed by atoms with Crippen molar-refractivity contribution in [2.45, 2.75) is 235 Å². The monoisotopic (exact) mass is 1270 g/mol. The van der Waals surface area contributed by atoms with Crippen molar-refractivity contribution >= 4 is 134 Å². The highest BCUT2D eigenvalue weighted by Gasteiger charge is 2.28. The number of fused-ring (bicyclic) bond motifs is 6. The Balaban J connectivity index is 1.04. The van der Waals surface area contributed by atoms with Crippen LogP contribution in [0.2, 0.25) is 0 Å². The SMILES string of the molecule is CCCCCCC(CCCC)Cc1ccsc1-c1nc2sc(-c3sc(-c4sc(-c5cc6c(cc(-c7cc(CC(CC)CCCC)cs7)c7nsnc76)c6nsnc56)cc4CC(CC)CCCC)cc3CC(CCCC)CCCCCC)nc2s1. The molecule has 450 valence electrons. The van der Waals surface area contributed by atoms with Crippen molar-refractivity contribution in [2.24, 2.45) is 23.7 Å². The molecule has 0 aliphatic rings. The van der Waals surface area contributed by atoms with Gasteiger partial charge in [-0.1, -0.05) is 232 Å². The molecule has 14 heteroatoms. The normalized spacial score (nSPS) is 13.7. The first-order valence-corrected chi connectivity index (χ1v) is 39.3. The van der Waals surface area contributed by atoms with Crippen LogP contribution in [-0.4, -0.2) is 27.5 Å². The number of thiazole rings is 2. The number of nitrogens with zero attached hydrogens (tertiary/aromatic N) is 6. The molecule has 0 amide bonds. The molecule has 10 aromatic rings. The highest BCUT2D eigenvalue weighted by molar-refractivity contribution is 7.32. The summed E-state index contributed by atoms with van der Waals surface area (Å²) in [6.45, 7) is 18.8. The third-order valence-corrected chi connectivity index (χ3v) is 25.9. The molecule has 8 aromatic heterocycles. The van der Waals surface area contributed by atoms with Crippen LogP contribution in [0.15, 0.2) is 47.2 Å². The van der Waals surface area contributed by atoms with Crippen LogP contribution in [0.4, 0.5) is 0 Å². The van der Waals surface area contributed by atoms with E-state index < -0.39 is 0 Å². The summed E-state index contributed by atoms with van der Waals surface area (Å²) in [4.78, 5) is 21.3. The first-order chi connectivity index (χ1) is 41.3. The maximum atomic E-state index is 5.59. The van der Waals surface area contributed by atoms with Crippen LogP contribution in [-0.2, 0) is 25.7 Å². The molecule has 0 bridgehead atoms. The van der Waals surface area contributed by atoms with Crippen molar-refractivity contribution < 1.29 is 0 Å². The van der Waals surface area contributed by atoms with Crippen LogP contribution in [0.25, 0.3) is 92.9 Å². The summed E-state index contributed by atoms with van der Waals surface area (Å²) >= 11 is 14.0. The van der Waals surface area contributed by atoms with Gasteiger partial charge in [-0.15, -0.1) is 45.3 Å². The zero-order chi connectivity index (χ0) is 58.4. The van der Waals surface area contributed by atoms with E-state index in [1.807, 2.05) is 68.0 Å². The van der Waals surface area contributed by atoms with Crippen LogP contribution in [0.3, 0.4) is 0 Å². The lowest BCUT2D eigenvalue weighted by atomic mass is 9.89. The van der Waals surface area contributed by atoms with Crippen LogP contribution in [0, 0.1) is 23.7 Å². The lowest BCUT2D eigenvalue weighted by Crippen LogP contribution is -2.05. The Morgan fingerprint density at radius 1 is 0.381 bits per heavy atom. The Morgan fingerprint density at radius 2 is 0.845 bits per heavy atom. The van der Waals surface area contributed by atoms with Crippen molar-refractivity contribution in [1.82, 2.24) is 27.5 Å². The number of aromatic nitrogens is 6. The summed E-state index contributed by atoms with van der Waals surface area (Å²) in [5.41, 5.74) is 12.1. The molecule has 0 spiro atoms. The molecule has 0 N–H and O–H groups in total. The smallest absolute Gasteiger partial charge is 0.155 e. The van der Waals surface area contributed by atoms with Gasteiger partial charge in [0.2, 0.25) is 0 Å². The molecule has 84 heavy (non-hydrogen) atoms. The minimum atomic E-state index is 0.619. The Bertz CT molecular complexity index is 3580. The van der Waals surface area contributed by atoms with Gasteiger partial charge in [-0.2, -0.15) is 17.5 Å². The number of thiophene rings is 4. The first-order valence-electron chi connectivity index (χ1n) is 32.8. The summed E-state index contributed by atoms with van der Waals surface area (Å²) in [7, 11) is 0. The fourth-order valence-corrected chi connectivity index (χ4v) is 20.8. The summed E-state index contributed by atoms with van der Waals surface area (Å²) < 4.78 is 20.4. The maximum Gasteiger partial charge on any atom is 0.155 e. The Kier molecular flexibility index (Phi) is 24.0. The highest BCUT2D eigenvalue weighted by atomic mass is 32.1. The predicted octanol–water partition coefficient (Wildman–Crippen LogP) is 25.7. The van der Waals surface area contributed by atoms with Crippen molar-refractivity contribution in [3.8, 4) is 50.4 Å². The molecule has 4 atom stereocenters. The topological polar surface area (TPSA) is 77.3 Å². The van der Waals surface area contributed by atoms with Crippen LogP contribution >= 0.6 is 91.5 Å². The van der Waals surface area contributed by atoms with Gasteiger partial charge in [-0.3, -0.25) is 0 Å². The van der Waals surface area contributed by atoms with Crippen molar-refractivity contribution in [2.75, 3.05) is 0 Å². The third-order valence-electron chi connectivity index (χ3n) is 18.0. The molecule has 8 heterocycles. The second-order valence-electron chi connectivity index (χ2n) is 24.4. The molecular formula is C70H92N6S8. The number of rotatable bonds is 37. The third kappa shape index (κ3) is 15.4. The predicted molar refractivity (Wildman–Crippen MR) is 378 cm³/mol. The Labute approximate surface area is 535 Å². The van der Waals surface area contributed by atoms with Gasteiger partial charge < -0.3 is 0 Å². The fraction of sp³-hybridized carbons (Fsp3) is 0.571. The Hall–Kier alpha value is -3.34. The summed E-state index contributed by atoms with van der Waals surface area (Å²) in [5, 5.41) is 9.23. The second-order valence-corrected chi connectivity index (χ2v) is 31.3. The standard InChI is InChI=1S/C70H92N6S8/c1-9-17-23-25-31-47(29-21-13-5)37-50-33-34-77-65(50)67-71-69-70(81-67)72-68(82-69)66-52(38-48(30-22-14-6)32-26-24-18-10-2)41-59(80-66)64-51(36-46(16-8)28-20-12-4)40-58(79-64)56-43-54-53(61-63(56)76-84-74-61)42-55(62-60(54)73-83-75-62)57-39-49(44-78-57)35-45(15-7)27-19-11-3/h33-34,39-48H,9-32,35-38H2,1-8H3. The molecule has 10 rings (SSSR count). The van der Waals surface area contributed by atoms with Crippen molar-refractivity contribution in [3.05, 3.63) is 69.4 Å². The number of benzene rings is 2. The molecule has 6 nitrogen and oxygen atoms in total. The molecule has 0 saturated carbocycles. The van der Waals surface area contributed by atoms with Crippen molar-refractivity contribution in [1.29, 1.82) is 0 Å². The lowest BCUT2D eigenvalue weighted by molar-refractivity contribution is 0.411.